The first-order valence-electron chi connectivity index (χ1n) is 4.23. The third-order valence-electron chi connectivity index (χ3n) is 1.89. The number of carbonyl (C=O) groups is 1. The summed E-state index contributed by atoms with van der Waals surface area (Å²) in [6.45, 7) is 0. The molecular weight excluding hydrogens is 241 g/mol. The van der Waals surface area contributed by atoms with E-state index in [1.54, 1.807) is 6.26 Å². The van der Waals surface area contributed by atoms with E-state index in [0.717, 1.165) is 31.0 Å². The summed E-state index contributed by atoms with van der Waals surface area (Å²) in [7, 11) is 1.13. The lowest BCUT2D eigenvalue weighted by Crippen LogP contribution is -2.09. The number of methoxy groups -OCH3 is 1. The summed E-state index contributed by atoms with van der Waals surface area (Å²) in [4.78, 5) is 11.5. The maximum absolute atomic E-state index is 12.5. The van der Waals surface area contributed by atoms with Crippen molar-refractivity contribution in [3.63, 3.8) is 0 Å². The summed E-state index contributed by atoms with van der Waals surface area (Å²) in [6.07, 6.45) is -2.83. The minimum Gasteiger partial charge on any atom is -0.465 e. The predicted molar refractivity (Wildman–Crippen MR) is 54.6 cm³/mol. The first-order valence-corrected chi connectivity index (χ1v) is 5.45. The molecule has 0 radical (unpaired) electrons. The largest absolute Gasteiger partial charge is 0.465 e. The highest BCUT2D eigenvalue weighted by Gasteiger charge is 2.31. The van der Waals surface area contributed by atoms with Crippen molar-refractivity contribution < 1.29 is 22.7 Å². The number of hydrogen-bond acceptors (Lipinski definition) is 3. The van der Waals surface area contributed by atoms with Gasteiger partial charge in [0, 0.05) is 4.90 Å². The standard InChI is InChI=1S/C10H9F3O2S/c1-15-9(14)6-3-7(10(11,12)13)5-8(4-6)16-2/h3-5H,1-2H3. The maximum Gasteiger partial charge on any atom is 0.416 e. The van der Waals surface area contributed by atoms with Gasteiger partial charge in [-0.1, -0.05) is 0 Å². The summed E-state index contributed by atoms with van der Waals surface area (Å²) in [5.74, 6) is -0.776. The Morgan fingerprint density at radius 3 is 2.38 bits per heavy atom. The molecule has 0 aliphatic carbocycles. The van der Waals surface area contributed by atoms with Crippen molar-refractivity contribution in [2.24, 2.45) is 0 Å². The van der Waals surface area contributed by atoms with Crippen molar-refractivity contribution in [1.82, 2.24) is 0 Å². The minimum absolute atomic E-state index is 0.0957. The van der Waals surface area contributed by atoms with Crippen LogP contribution in [0.4, 0.5) is 13.2 Å². The molecule has 2 nitrogen and oxygen atoms in total. The summed E-state index contributed by atoms with van der Waals surface area (Å²) < 4.78 is 41.9. The van der Waals surface area contributed by atoms with Crippen molar-refractivity contribution >= 4 is 17.7 Å². The molecule has 0 saturated carbocycles. The molecule has 0 saturated heterocycles. The first kappa shape index (κ1) is 12.9. The van der Waals surface area contributed by atoms with Gasteiger partial charge in [0.25, 0.3) is 0 Å². The van der Waals surface area contributed by atoms with Crippen LogP contribution in [0, 0.1) is 0 Å². The number of carbonyl (C=O) groups excluding carboxylic acids is 1. The Labute approximate surface area is 94.8 Å². The second-order valence-electron chi connectivity index (χ2n) is 2.94. The van der Waals surface area contributed by atoms with Crippen LogP contribution in [0.15, 0.2) is 23.1 Å². The molecule has 0 aliphatic heterocycles. The first-order chi connectivity index (χ1) is 7.38. The molecule has 0 aliphatic rings. The summed E-state index contributed by atoms with van der Waals surface area (Å²) >= 11 is 1.13. The molecule has 6 heteroatoms. The molecular formula is C10H9F3O2S. The van der Waals surface area contributed by atoms with Gasteiger partial charge >= 0.3 is 12.1 Å². The van der Waals surface area contributed by atoms with Gasteiger partial charge in [-0.15, -0.1) is 11.8 Å². The third-order valence-corrected chi connectivity index (χ3v) is 2.60. The van der Waals surface area contributed by atoms with E-state index in [1.165, 1.54) is 6.07 Å². The Bertz CT molecular complexity index is 402. The molecule has 0 amide bonds. The smallest absolute Gasteiger partial charge is 0.416 e. The van der Waals surface area contributed by atoms with Crippen LogP contribution in [-0.4, -0.2) is 19.3 Å². The van der Waals surface area contributed by atoms with Crippen LogP contribution in [0.25, 0.3) is 0 Å². The van der Waals surface area contributed by atoms with Gasteiger partial charge in [0.15, 0.2) is 0 Å². The van der Waals surface area contributed by atoms with Gasteiger partial charge in [-0.3, -0.25) is 0 Å². The SMILES string of the molecule is COC(=O)c1cc(SC)cc(C(F)(F)F)c1. The Kier molecular flexibility index (Phi) is 3.85. The van der Waals surface area contributed by atoms with E-state index >= 15 is 0 Å². The zero-order valence-electron chi connectivity index (χ0n) is 8.59. The fourth-order valence-electron chi connectivity index (χ4n) is 1.12. The molecule has 0 fully saturated rings. The van der Waals surface area contributed by atoms with Gasteiger partial charge in [0.1, 0.15) is 0 Å². The van der Waals surface area contributed by atoms with E-state index in [1.807, 2.05) is 0 Å². The number of esters is 1. The molecule has 16 heavy (non-hydrogen) atoms. The van der Waals surface area contributed by atoms with E-state index in [9.17, 15) is 18.0 Å². The lowest BCUT2D eigenvalue weighted by Gasteiger charge is -2.10. The lowest BCUT2D eigenvalue weighted by molar-refractivity contribution is -0.137. The van der Waals surface area contributed by atoms with E-state index in [0.29, 0.717) is 4.90 Å². The normalized spacial score (nSPS) is 11.3. The van der Waals surface area contributed by atoms with Crippen LogP contribution in [0.1, 0.15) is 15.9 Å². The van der Waals surface area contributed by atoms with Crippen LogP contribution < -0.4 is 0 Å². The molecule has 0 atom stereocenters. The van der Waals surface area contributed by atoms with Gasteiger partial charge < -0.3 is 4.74 Å². The minimum atomic E-state index is -4.46. The second kappa shape index (κ2) is 4.78. The van der Waals surface area contributed by atoms with Gasteiger partial charge in [-0.05, 0) is 24.5 Å². The van der Waals surface area contributed by atoms with Crippen LogP contribution in [0.2, 0.25) is 0 Å². The van der Waals surface area contributed by atoms with E-state index < -0.39 is 17.7 Å². The Morgan fingerprint density at radius 2 is 1.94 bits per heavy atom. The fourth-order valence-corrected chi connectivity index (χ4v) is 1.61. The van der Waals surface area contributed by atoms with Crippen molar-refractivity contribution in [1.29, 1.82) is 0 Å². The highest BCUT2D eigenvalue weighted by atomic mass is 32.2. The zero-order chi connectivity index (χ0) is 12.3. The molecule has 0 N–H and O–H groups in total. The molecule has 1 aromatic carbocycles. The Balaban J connectivity index is 3.27. The average molecular weight is 250 g/mol. The van der Waals surface area contributed by atoms with Crippen molar-refractivity contribution in [3.05, 3.63) is 29.3 Å². The molecule has 88 valence electrons. The van der Waals surface area contributed by atoms with Crippen molar-refractivity contribution in [2.75, 3.05) is 13.4 Å². The quantitative estimate of drug-likeness (QED) is 0.595. The molecule has 1 aromatic rings. The average Bonchev–Trinajstić information content (AvgIpc) is 2.26. The molecule has 0 aromatic heterocycles. The Hall–Kier alpha value is -1.17. The summed E-state index contributed by atoms with van der Waals surface area (Å²) in [6, 6.07) is 3.15. The highest BCUT2D eigenvalue weighted by Crippen LogP contribution is 2.32. The number of halogens is 3. The van der Waals surface area contributed by atoms with E-state index in [4.69, 9.17) is 0 Å². The number of rotatable bonds is 2. The third kappa shape index (κ3) is 2.91. The number of ether oxygens (including phenoxy) is 1. The second-order valence-corrected chi connectivity index (χ2v) is 3.82. The topological polar surface area (TPSA) is 26.3 Å². The monoisotopic (exact) mass is 250 g/mol. The van der Waals surface area contributed by atoms with Gasteiger partial charge in [0.05, 0.1) is 18.2 Å². The number of alkyl halides is 3. The van der Waals surface area contributed by atoms with Crippen LogP contribution >= 0.6 is 11.8 Å². The fraction of sp³-hybridized carbons (Fsp3) is 0.300. The summed E-state index contributed by atoms with van der Waals surface area (Å²) in [5, 5.41) is 0. The molecule has 0 spiro atoms. The zero-order valence-corrected chi connectivity index (χ0v) is 9.41. The van der Waals surface area contributed by atoms with Crippen molar-refractivity contribution in [3.8, 4) is 0 Å². The van der Waals surface area contributed by atoms with Crippen LogP contribution in [0.5, 0.6) is 0 Å². The van der Waals surface area contributed by atoms with Gasteiger partial charge in [-0.2, -0.15) is 13.2 Å². The number of hydrogen-bond donors (Lipinski definition) is 0. The predicted octanol–water partition coefficient (Wildman–Crippen LogP) is 3.21. The van der Waals surface area contributed by atoms with Crippen LogP contribution in [0.3, 0.4) is 0 Å². The molecule has 0 unspecified atom stereocenters. The van der Waals surface area contributed by atoms with Gasteiger partial charge in [0.2, 0.25) is 0 Å². The maximum atomic E-state index is 12.5. The summed E-state index contributed by atoms with van der Waals surface area (Å²) in [5.41, 5.74) is -0.943. The molecule has 1 rings (SSSR count). The molecule has 0 bridgehead atoms. The highest BCUT2D eigenvalue weighted by molar-refractivity contribution is 7.98. The Morgan fingerprint density at radius 1 is 1.31 bits per heavy atom. The number of thioether (sulfide) groups is 1. The van der Waals surface area contributed by atoms with Crippen LogP contribution in [-0.2, 0) is 10.9 Å². The lowest BCUT2D eigenvalue weighted by atomic mass is 10.1. The van der Waals surface area contributed by atoms with Crippen molar-refractivity contribution in [2.45, 2.75) is 11.1 Å². The molecule has 0 heterocycles. The number of benzene rings is 1. The van der Waals surface area contributed by atoms with E-state index in [-0.39, 0.29) is 5.56 Å². The van der Waals surface area contributed by atoms with E-state index in [2.05, 4.69) is 4.74 Å². The van der Waals surface area contributed by atoms with Gasteiger partial charge in [-0.25, -0.2) is 4.79 Å².